The Bertz CT molecular complexity index is 1070. The van der Waals surface area contributed by atoms with Gasteiger partial charge in [-0.25, -0.2) is 9.97 Å². The monoisotopic (exact) mass is 482 g/mol. The van der Waals surface area contributed by atoms with Gasteiger partial charge in [0.05, 0.1) is 36.9 Å². The van der Waals surface area contributed by atoms with Gasteiger partial charge in [0.2, 0.25) is 5.91 Å². The van der Waals surface area contributed by atoms with Gasteiger partial charge in [-0.3, -0.25) is 9.59 Å². The second kappa shape index (κ2) is 10.9. The molecule has 0 spiro atoms. The van der Waals surface area contributed by atoms with Crippen molar-refractivity contribution in [2.24, 2.45) is 0 Å². The molecule has 1 aliphatic carbocycles. The van der Waals surface area contributed by atoms with Gasteiger partial charge in [-0.1, -0.05) is 19.8 Å². The summed E-state index contributed by atoms with van der Waals surface area (Å²) in [6, 6.07) is 3.77. The van der Waals surface area contributed by atoms with Crippen molar-refractivity contribution in [3.63, 3.8) is 0 Å². The van der Waals surface area contributed by atoms with Crippen LogP contribution in [0.1, 0.15) is 49.4 Å². The Morgan fingerprint density at radius 3 is 2.60 bits per heavy atom. The summed E-state index contributed by atoms with van der Waals surface area (Å²) >= 11 is 0. The van der Waals surface area contributed by atoms with Crippen molar-refractivity contribution < 1.29 is 19.1 Å². The smallest absolute Gasteiger partial charge is 0.253 e. The van der Waals surface area contributed by atoms with Crippen molar-refractivity contribution >= 4 is 34.8 Å². The highest BCUT2D eigenvalue weighted by molar-refractivity contribution is 6.05. The molecule has 2 aromatic heterocycles. The van der Waals surface area contributed by atoms with Gasteiger partial charge >= 0.3 is 0 Å². The number of likely N-dealkylation sites (N-methyl/N-ethyl adjacent to an activating group) is 1. The maximum absolute atomic E-state index is 13.1. The van der Waals surface area contributed by atoms with Crippen LogP contribution in [0.15, 0.2) is 24.5 Å². The van der Waals surface area contributed by atoms with E-state index in [4.69, 9.17) is 9.47 Å². The number of aromatic nitrogens is 2. The van der Waals surface area contributed by atoms with Crippen LogP contribution in [0.2, 0.25) is 0 Å². The summed E-state index contributed by atoms with van der Waals surface area (Å²) in [5.74, 6) is 1.32. The molecule has 188 valence electrons. The summed E-state index contributed by atoms with van der Waals surface area (Å²) in [5.41, 5.74) is 2.19. The average molecular weight is 483 g/mol. The van der Waals surface area contributed by atoms with Crippen molar-refractivity contribution in [2.75, 3.05) is 49.5 Å². The molecule has 10 nitrogen and oxygen atoms in total. The summed E-state index contributed by atoms with van der Waals surface area (Å²) in [7, 11) is 4.92. The number of pyridine rings is 2. The fraction of sp³-hybridized carbons (Fsp3) is 0.520. The Morgan fingerprint density at radius 1 is 1.14 bits per heavy atom. The van der Waals surface area contributed by atoms with Crippen LogP contribution in [0.5, 0.6) is 5.75 Å². The fourth-order valence-electron chi connectivity index (χ4n) is 4.91. The minimum absolute atomic E-state index is 0.108. The first-order valence-corrected chi connectivity index (χ1v) is 12.1. The molecular formula is C25H34N6O4. The summed E-state index contributed by atoms with van der Waals surface area (Å²) in [5, 5.41) is 6.01. The van der Waals surface area contributed by atoms with E-state index in [0.717, 1.165) is 30.6 Å². The average Bonchev–Trinajstić information content (AvgIpc) is 3.40. The van der Waals surface area contributed by atoms with E-state index < -0.39 is 0 Å². The third-order valence-electron chi connectivity index (χ3n) is 6.73. The minimum Gasteiger partial charge on any atom is -0.493 e. The van der Waals surface area contributed by atoms with Gasteiger partial charge in [0.1, 0.15) is 11.9 Å². The number of rotatable bonds is 9. The number of carbonyl (C=O) groups excluding carboxylic acids is 2. The number of amides is 2. The molecule has 10 heteroatoms. The van der Waals surface area contributed by atoms with Gasteiger partial charge in [0.25, 0.3) is 5.91 Å². The van der Waals surface area contributed by atoms with Crippen LogP contribution in [-0.4, -0.2) is 68.3 Å². The van der Waals surface area contributed by atoms with Crippen molar-refractivity contribution in [3.8, 4) is 5.75 Å². The molecule has 0 bridgehead atoms. The quantitative estimate of drug-likeness (QED) is 0.525. The Hall–Kier alpha value is -3.40. The normalized spacial score (nSPS) is 17.9. The van der Waals surface area contributed by atoms with Crippen LogP contribution in [0, 0.1) is 0 Å². The maximum Gasteiger partial charge on any atom is 0.253 e. The standard InChI is InChI=1S/C25H34N6O4/c1-5-18-25(33)30(2)20-15-27-22(13-19(20)31(18)17-8-6-7-9-17)29-23-21(35-4)12-16(14-28-23)24(32)26-10-11-34-3/h12-15,17-18H,5-11H2,1-4H3,(H,26,32)(H,27,28,29)/t18-/m1/s1. The van der Waals surface area contributed by atoms with Crippen LogP contribution >= 0.6 is 0 Å². The first-order valence-electron chi connectivity index (χ1n) is 12.1. The molecule has 35 heavy (non-hydrogen) atoms. The largest absolute Gasteiger partial charge is 0.493 e. The van der Waals surface area contributed by atoms with Gasteiger partial charge in [-0.15, -0.1) is 0 Å². The van der Waals surface area contributed by atoms with E-state index in [1.54, 1.807) is 24.3 Å². The third-order valence-corrected chi connectivity index (χ3v) is 6.73. The minimum atomic E-state index is -0.253. The van der Waals surface area contributed by atoms with Crippen LogP contribution in [0.25, 0.3) is 0 Å². The molecule has 0 unspecified atom stereocenters. The molecule has 1 fully saturated rings. The first kappa shape index (κ1) is 24.7. The highest BCUT2D eigenvalue weighted by Gasteiger charge is 2.40. The lowest BCUT2D eigenvalue weighted by atomic mass is 10.0. The summed E-state index contributed by atoms with van der Waals surface area (Å²) in [4.78, 5) is 38.4. The summed E-state index contributed by atoms with van der Waals surface area (Å²) < 4.78 is 10.5. The number of nitrogens with zero attached hydrogens (tertiary/aromatic N) is 4. The molecule has 1 aliphatic heterocycles. The second-order valence-electron chi connectivity index (χ2n) is 8.87. The van der Waals surface area contributed by atoms with E-state index in [1.165, 1.54) is 26.1 Å². The maximum atomic E-state index is 13.1. The second-order valence-corrected chi connectivity index (χ2v) is 8.87. The molecule has 3 heterocycles. The molecule has 0 aromatic carbocycles. The zero-order valence-corrected chi connectivity index (χ0v) is 20.8. The number of hydrogen-bond donors (Lipinski definition) is 2. The summed E-state index contributed by atoms with van der Waals surface area (Å²) in [6.45, 7) is 2.90. The Morgan fingerprint density at radius 2 is 1.91 bits per heavy atom. The predicted octanol–water partition coefficient (Wildman–Crippen LogP) is 3.11. The lowest BCUT2D eigenvalue weighted by Gasteiger charge is -2.44. The predicted molar refractivity (Wildman–Crippen MR) is 135 cm³/mol. The van der Waals surface area contributed by atoms with Gasteiger partial charge in [0.15, 0.2) is 11.6 Å². The zero-order valence-electron chi connectivity index (χ0n) is 20.8. The van der Waals surface area contributed by atoms with E-state index in [9.17, 15) is 9.59 Å². The Kier molecular flexibility index (Phi) is 7.70. The number of ether oxygens (including phenoxy) is 2. The molecule has 2 aliphatic rings. The van der Waals surface area contributed by atoms with Crippen molar-refractivity contribution in [3.05, 3.63) is 30.1 Å². The van der Waals surface area contributed by atoms with Crippen molar-refractivity contribution in [1.82, 2.24) is 15.3 Å². The van der Waals surface area contributed by atoms with E-state index in [1.807, 2.05) is 13.1 Å². The topological polar surface area (TPSA) is 109 Å². The Labute approximate surface area is 206 Å². The van der Waals surface area contributed by atoms with Crippen molar-refractivity contribution in [1.29, 1.82) is 0 Å². The molecular weight excluding hydrogens is 448 g/mol. The van der Waals surface area contributed by atoms with Crippen LogP contribution in [-0.2, 0) is 9.53 Å². The number of anilines is 4. The number of hydrogen-bond acceptors (Lipinski definition) is 8. The molecule has 1 atom stereocenters. The number of carbonyl (C=O) groups is 2. The van der Waals surface area contributed by atoms with Crippen LogP contribution < -0.4 is 25.2 Å². The number of methoxy groups -OCH3 is 2. The fourth-order valence-corrected chi connectivity index (χ4v) is 4.91. The number of fused-ring (bicyclic) bond motifs is 1. The molecule has 2 amide bonds. The molecule has 2 aromatic rings. The van der Waals surface area contributed by atoms with Crippen LogP contribution in [0.3, 0.4) is 0 Å². The van der Waals surface area contributed by atoms with Gasteiger partial charge < -0.3 is 29.9 Å². The first-order chi connectivity index (χ1) is 17.0. The lowest BCUT2D eigenvalue weighted by Crippen LogP contribution is -2.55. The molecule has 2 N–H and O–H groups in total. The van der Waals surface area contributed by atoms with Gasteiger partial charge in [-0.05, 0) is 25.3 Å². The highest BCUT2D eigenvalue weighted by atomic mass is 16.5. The third kappa shape index (κ3) is 5.02. The van der Waals surface area contributed by atoms with Gasteiger partial charge in [-0.2, -0.15) is 0 Å². The lowest BCUT2D eigenvalue weighted by molar-refractivity contribution is -0.120. The number of nitrogens with one attached hydrogen (secondary N) is 2. The SMILES string of the molecule is CC[C@@H]1C(=O)N(C)c2cnc(Nc3ncc(C(=O)NCCOC)cc3OC)cc2N1C1CCCC1. The van der Waals surface area contributed by atoms with E-state index >= 15 is 0 Å². The highest BCUT2D eigenvalue weighted by Crippen LogP contribution is 2.42. The van der Waals surface area contributed by atoms with E-state index in [-0.39, 0.29) is 17.9 Å². The molecule has 0 saturated heterocycles. The zero-order chi connectivity index (χ0) is 24.9. The molecule has 0 radical (unpaired) electrons. The van der Waals surface area contributed by atoms with Crippen molar-refractivity contribution in [2.45, 2.75) is 51.1 Å². The van der Waals surface area contributed by atoms with E-state index in [2.05, 4.69) is 32.4 Å². The van der Waals surface area contributed by atoms with Crippen LogP contribution in [0.4, 0.5) is 23.0 Å². The Balaban J connectivity index is 1.62. The summed E-state index contributed by atoms with van der Waals surface area (Å²) in [6.07, 6.45) is 8.50. The van der Waals surface area contributed by atoms with E-state index in [0.29, 0.717) is 42.1 Å². The molecule has 4 rings (SSSR count). The molecule has 1 saturated carbocycles. The van der Waals surface area contributed by atoms with Gasteiger partial charge in [0, 0.05) is 39.0 Å².